The molecule has 1 N–H and O–H groups in total. The van der Waals surface area contributed by atoms with Gasteiger partial charge in [-0.1, -0.05) is 45.0 Å². The Morgan fingerprint density at radius 2 is 1.57 bits per heavy atom. The van der Waals surface area contributed by atoms with Crippen molar-refractivity contribution in [2.24, 2.45) is 29.6 Å². The fourth-order valence-corrected chi connectivity index (χ4v) is 5.61. The molecule has 3 aliphatic carbocycles. The maximum Gasteiger partial charge on any atom is 0.0351 e. The van der Waals surface area contributed by atoms with Gasteiger partial charge in [-0.2, -0.15) is 0 Å². The first kappa shape index (κ1) is 13.8. The van der Waals surface area contributed by atoms with Crippen LogP contribution in [-0.2, 0) is 5.41 Å². The maximum atomic E-state index is 3.64. The van der Waals surface area contributed by atoms with Crippen molar-refractivity contribution in [2.45, 2.75) is 51.5 Å². The van der Waals surface area contributed by atoms with E-state index >= 15 is 0 Å². The minimum absolute atomic E-state index is 0.253. The number of hydrogen-bond donors (Lipinski definition) is 1. The molecule has 0 radical (unpaired) electrons. The Hall–Kier alpha value is -0.820. The Balaban J connectivity index is 1.55. The predicted molar refractivity (Wildman–Crippen MR) is 88.2 cm³/mol. The van der Waals surface area contributed by atoms with Gasteiger partial charge in [0, 0.05) is 6.04 Å². The van der Waals surface area contributed by atoms with Gasteiger partial charge >= 0.3 is 0 Å². The molecule has 1 heteroatoms. The minimum Gasteiger partial charge on any atom is -0.313 e. The van der Waals surface area contributed by atoms with E-state index in [4.69, 9.17) is 0 Å². The smallest absolute Gasteiger partial charge is 0.0351 e. The van der Waals surface area contributed by atoms with Crippen molar-refractivity contribution >= 4 is 0 Å². The summed E-state index contributed by atoms with van der Waals surface area (Å²) >= 11 is 0. The van der Waals surface area contributed by atoms with Gasteiger partial charge in [0.05, 0.1) is 0 Å². The highest BCUT2D eigenvalue weighted by Gasteiger charge is 2.66. The van der Waals surface area contributed by atoms with E-state index in [9.17, 15) is 0 Å². The highest BCUT2D eigenvalue weighted by Crippen LogP contribution is 2.72. The normalized spacial score (nSPS) is 38.4. The van der Waals surface area contributed by atoms with Gasteiger partial charge in [-0.3, -0.25) is 0 Å². The van der Waals surface area contributed by atoms with Gasteiger partial charge in [-0.25, -0.2) is 0 Å². The molecule has 1 nitrogen and oxygen atoms in total. The van der Waals surface area contributed by atoms with Crippen molar-refractivity contribution in [3.8, 4) is 0 Å². The Bertz CT molecular complexity index is 508. The third kappa shape index (κ3) is 2.08. The Kier molecular flexibility index (Phi) is 3.02. The molecule has 0 saturated heterocycles. The molecule has 1 aromatic carbocycles. The van der Waals surface area contributed by atoms with Gasteiger partial charge < -0.3 is 5.32 Å². The number of fused-ring (bicyclic) bond motifs is 5. The van der Waals surface area contributed by atoms with Crippen LogP contribution in [0.15, 0.2) is 24.3 Å². The minimum atomic E-state index is 0.253. The Labute approximate surface area is 129 Å². The van der Waals surface area contributed by atoms with Crippen molar-refractivity contribution in [3.05, 3.63) is 35.4 Å². The summed E-state index contributed by atoms with van der Waals surface area (Å²) in [5.41, 5.74) is 3.20. The fourth-order valence-electron chi connectivity index (χ4n) is 5.61. The molecule has 0 aromatic heterocycles. The number of hydrogen-bond acceptors (Lipinski definition) is 1. The van der Waals surface area contributed by atoms with E-state index in [1.165, 1.54) is 24.0 Å². The third-order valence-electron chi connectivity index (χ3n) is 6.63. The standard InChI is InChI=1S/C20H29N/c1-20(2,3)15-9-7-12(8-10-15)19(21-4)18-16-13-5-6-14(11-13)17(16)18/h7-10,13-14,16-19,21H,5-6,11H2,1-4H3. The van der Waals surface area contributed by atoms with E-state index in [1.807, 2.05) is 0 Å². The maximum absolute atomic E-state index is 3.64. The van der Waals surface area contributed by atoms with Crippen LogP contribution in [-0.4, -0.2) is 7.05 Å². The zero-order valence-electron chi connectivity index (χ0n) is 13.9. The van der Waals surface area contributed by atoms with Crippen LogP contribution >= 0.6 is 0 Å². The molecule has 0 amide bonds. The van der Waals surface area contributed by atoms with Gasteiger partial charge in [-0.05, 0) is 72.4 Å². The van der Waals surface area contributed by atoms with Crippen molar-refractivity contribution in [1.29, 1.82) is 0 Å². The zero-order chi connectivity index (χ0) is 14.8. The van der Waals surface area contributed by atoms with Crippen LogP contribution in [0.5, 0.6) is 0 Å². The second-order valence-electron chi connectivity index (χ2n) is 8.70. The molecule has 114 valence electrons. The lowest BCUT2D eigenvalue weighted by Crippen LogP contribution is -2.22. The van der Waals surface area contributed by atoms with Gasteiger partial charge in [0.15, 0.2) is 0 Å². The summed E-state index contributed by atoms with van der Waals surface area (Å²) in [6.45, 7) is 6.88. The molecular formula is C20H29N. The predicted octanol–water partition coefficient (Wildman–Crippen LogP) is 4.54. The molecule has 0 heterocycles. The first-order valence-electron chi connectivity index (χ1n) is 8.78. The lowest BCUT2D eigenvalue weighted by molar-refractivity contribution is 0.385. The summed E-state index contributed by atoms with van der Waals surface area (Å²) in [5.74, 6) is 5.14. The molecule has 3 fully saturated rings. The van der Waals surface area contributed by atoms with Crippen LogP contribution < -0.4 is 5.32 Å². The van der Waals surface area contributed by atoms with Crippen LogP contribution in [0.1, 0.15) is 57.2 Å². The van der Waals surface area contributed by atoms with Crippen molar-refractivity contribution in [3.63, 3.8) is 0 Å². The molecule has 3 aliphatic rings. The number of rotatable bonds is 3. The molecular weight excluding hydrogens is 254 g/mol. The van der Waals surface area contributed by atoms with E-state index in [1.54, 1.807) is 6.42 Å². The summed E-state index contributed by atoms with van der Waals surface area (Å²) in [5, 5.41) is 3.64. The largest absolute Gasteiger partial charge is 0.313 e. The second-order valence-corrected chi connectivity index (χ2v) is 8.70. The SMILES string of the molecule is CNC(c1ccc(C(C)(C)C)cc1)C1C2C3CCC(C3)C21. The van der Waals surface area contributed by atoms with Crippen LogP contribution in [0.3, 0.4) is 0 Å². The molecule has 5 unspecified atom stereocenters. The molecule has 5 atom stereocenters. The van der Waals surface area contributed by atoms with Gasteiger partial charge in [-0.15, -0.1) is 0 Å². The van der Waals surface area contributed by atoms with Crippen molar-refractivity contribution in [2.75, 3.05) is 7.05 Å². The van der Waals surface area contributed by atoms with Crippen molar-refractivity contribution < 1.29 is 0 Å². The monoisotopic (exact) mass is 283 g/mol. The average molecular weight is 283 g/mol. The quantitative estimate of drug-likeness (QED) is 0.859. The van der Waals surface area contributed by atoms with E-state index in [0.29, 0.717) is 6.04 Å². The molecule has 0 aliphatic heterocycles. The summed E-state index contributed by atoms with van der Waals surface area (Å²) in [6, 6.07) is 10.0. The molecule has 4 rings (SSSR count). The first-order chi connectivity index (χ1) is 10.0. The lowest BCUT2D eigenvalue weighted by Gasteiger charge is -2.23. The molecule has 21 heavy (non-hydrogen) atoms. The molecule has 1 aromatic rings. The lowest BCUT2D eigenvalue weighted by atomic mass is 9.85. The molecule has 3 saturated carbocycles. The van der Waals surface area contributed by atoms with Crippen LogP contribution in [0.25, 0.3) is 0 Å². The third-order valence-corrected chi connectivity index (χ3v) is 6.63. The fraction of sp³-hybridized carbons (Fsp3) is 0.700. The highest BCUT2D eigenvalue weighted by atomic mass is 14.9. The first-order valence-corrected chi connectivity index (χ1v) is 8.78. The van der Waals surface area contributed by atoms with Crippen LogP contribution in [0.4, 0.5) is 0 Å². The van der Waals surface area contributed by atoms with Gasteiger partial charge in [0.1, 0.15) is 0 Å². The summed E-state index contributed by atoms with van der Waals surface area (Å²) in [7, 11) is 2.15. The van der Waals surface area contributed by atoms with Crippen molar-refractivity contribution in [1.82, 2.24) is 5.32 Å². The molecule has 2 bridgehead atoms. The van der Waals surface area contributed by atoms with Crippen LogP contribution in [0.2, 0.25) is 0 Å². The highest BCUT2D eigenvalue weighted by molar-refractivity contribution is 5.32. The van der Waals surface area contributed by atoms with Gasteiger partial charge in [0.25, 0.3) is 0 Å². The Morgan fingerprint density at radius 3 is 2.05 bits per heavy atom. The van der Waals surface area contributed by atoms with Crippen LogP contribution in [0, 0.1) is 29.6 Å². The van der Waals surface area contributed by atoms with E-state index < -0.39 is 0 Å². The summed E-state index contributed by atoms with van der Waals surface area (Å²) < 4.78 is 0. The second kappa shape index (κ2) is 4.59. The summed E-state index contributed by atoms with van der Waals surface area (Å²) in [6.07, 6.45) is 4.58. The van der Waals surface area contributed by atoms with Gasteiger partial charge in [0.2, 0.25) is 0 Å². The Morgan fingerprint density at radius 1 is 1.00 bits per heavy atom. The number of benzene rings is 1. The average Bonchev–Trinajstić information content (AvgIpc) is 2.87. The van der Waals surface area contributed by atoms with E-state index in [-0.39, 0.29) is 5.41 Å². The number of nitrogens with one attached hydrogen (secondary N) is 1. The summed E-state index contributed by atoms with van der Waals surface area (Å²) in [4.78, 5) is 0. The van der Waals surface area contributed by atoms with E-state index in [0.717, 1.165) is 29.6 Å². The molecule has 0 spiro atoms. The van der Waals surface area contributed by atoms with E-state index in [2.05, 4.69) is 57.4 Å². The zero-order valence-corrected chi connectivity index (χ0v) is 13.9. The topological polar surface area (TPSA) is 12.0 Å².